The molecule has 0 radical (unpaired) electrons. The Kier molecular flexibility index (Phi) is 3.53. The van der Waals surface area contributed by atoms with Crippen LogP contribution in [0.25, 0.3) is 0 Å². The molecule has 22 heavy (non-hydrogen) atoms. The number of benzene rings is 1. The Bertz CT molecular complexity index is 734. The molecule has 5 heteroatoms. The van der Waals surface area contributed by atoms with Gasteiger partial charge in [0.2, 0.25) is 5.16 Å². The third-order valence-corrected chi connectivity index (χ3v) is 5.73. The number of nitrogens with zero attached hydrogens (tertiary/aromatic N) is 4. The van der Waals surface area contributed by atoms with Crippen LogP contribution in [-0.2, 0) is 6.42 Å². The quantitative estimate of drug-likeness (QED) is 0.861. The van der Waals surface area contributed by atoms with E-state index in [1.165, 1.54) is 29.7 Å². The predicted octanol–water partition coefficient (Wildman–Crippen LogP) is 3.85. The van der Waals surface area contributed by atoms with Gasteiger partial charge >= 0.3 is 0 Å². The van der Waals surface area contributed by atoms with E-state index in [1.807, 2.05) is 16.4 Å². The molecule has 2 heterocycles. The van der Waals surface area contributed by atoms with E-state index in [0.717, 1.165) is 23.8 Å². The second-order valence-corrected chi connectivity index (χ2v) is 7.08. The minimum Gasteiger partial charge on any atom is -0.191 e. The van der Waals surface area contributed by atoms with Gasteiger partial charge in [-0.25, -0.2) is 0 Å². The van der Waals surface area contributed by atoms with Crippen molar-refractivity contribution in [3.05, 3.63) is 41.2 Å². The molecule has 1 aliphatic heterocycles. The maximum Gasteiger partial charge on any atom is 0.212 e. The van der Waals surface area contributed by atoms with Gasteiger partial charge in [0.15, 0.2) is 5.82 Å². The highest BCUT2D eigenvalue weighted by Crippen LogP contribution is 2.47. The average molecular weight is 312 g/mol. The summed E-state index contributed by atoms with van der Waals surface area (Å²) in [6.45, 7) is 4.42. The van der Waals surface area contributed by atoms with Gasteiger partial charge in [-0.2, -0.15) is 9.78 Å². The fourth-order valence-electron chi connectivity index (χ4n) is 3.50. The number of thioether (sulfide) groups is 1. The van der Waals surface area contributed by atoms with Crippen molar-refractivity contribution < 1.29 is 0 Å². The molecular formula is C17H20N4S. The Morgan fingerprint density at radius 3 is 2.82 bits per heavy atom. The number of hydrogen-bond acceptors (Lipinski definition) is 4. The van der Waals surface area contributed by atoms with Crippen LogP contribution in [0.1, 0.15) is 56.0 Å². The third kappa shape index (κ3) is 2.02. The van der Waals surface area contributed by atoms with Crippen LogP contribution >= 0.6 is 11.8 Å². The maximum absolute atomic E-state index is 4.95. The zero-order chi connectivity index (χ0) is 15.1. The standard InChI is InChI=1S/C17H20N4S/c1-3-7-13-11-9-5-6-10-12(11)15-16(13)22-17-19-18-14(8-4-2)21(17)20-15/h5-6,9-10,13,16H,3-4,7-8H2,1-2H3. The van der Waals surface area contributed by atoms with Crippen molar-refractivity contribution >= 4 is 17.5 Å². The second-order valence-electron chi connectivity index (χ2n) is 5.97. The van der Waals surface area contributed by atoms with E-state index in [9.17, 15) is 0 Å². The summed E-state index contributed by atoms with van der Waals surface area (Å²) in [6.07, 6.45) is 4.38. The lowest BCUT2D eigenvalue weighted by Gasteiger charge is -2.22. The van der Waals surface area contributed by atoms with E-state index in [0.29, 0.717) is 11.2 Å². The zero-order valence-electron chi connectivity index (χ0n) is 13.0. The molecular weight excluding hydrogens is 292 g/mol. The summed E-state index contributed by atoms with van der Waals surface area (Å²) < 4.78 is 1.96. The van der Waals surface area contributed by atoms with Gasteiger partial charge in [-0.1, -0.05) is 56.3 Å². The maximum atomic E-state index is 4.95. The third-order valence-electron chi connectivity index (χ3n) is 4.46. The van der Waals surface area contributed by atoms with E-state index in [1.54, 1.807) is 0 Å². The van der Waals surface area contributed by atoms with Crippen molar-refractivity contribution in [2.24, 2.45) is 5.10 Å². The predicted molar refractivity (Wildman–Crippen MR) is 89.7 cm³/mol. The molecule has 2 aliphatic rings. The monoisotopic (exact) mass is 312 g/mol. The zero-order valence-corrected chi connectivity index (χ0v) is 13.8. The first kappa shape index (κ1) is 14.0. The van der Waals surface area contributed by atoms with Crippen LogP contribution in [-0.4, -0.2) is 25.8 Å². The fraction of sp³-hybridized carbons (Fsp3) is 0.471. The van der Waals surface area contributed by atoms with Gasteiger partial charge in [-0.05, 0) is 18.4 Å². The molecule has 0 amide bonds. The molecule has 114 valence electrons. The first-order valence-electron chi connectivity index (χ1n) is 8.12. The Hall–Kier alpha value is -1.62. The summed E-state index contributed by atoms with van der Waals surface area (Å²) in [5, 5.41) is 15.0. The van der Waals surface area contributed by atoms with Crippen molar-refractivity contribution in [1.82, 2.24) is 14.9 Å². The Morgan fingerprint density at radius 2 is 2.00 bits per heavy atom. The van der Waals surface area contributed by atoms with Crippen molar-refractivity contribution in [3.63, 3.8) is 0 Å². The number of rotatable bonds is 4. The fourth-order valence-corrected chi connectivity index (χ4v) is 4.79. The van der Waals surface area contributed by atoms with Crippen LogP contribution in [0.4, 0.5) is 0 Å². The van der Waals surface area contributed by atoms with E-state index < -0.39 is 0 Å². The van der Waals surface area contributed by atoms with E-state index >= 15 is 0 Å². The van der Waals surface area contributed by atoms with E-state index in [2.05, 4.69) is 48.3 Å². The Labute approximate surface area is 135 Å². The molecule has 0 saturated heterocycles. The molecule has 2 unspecified atom stereocenters. The smallest absolute Gasteiger partial charge is 0.191 e. The number of hydrogen-bond donors (Lipinski definition) is 0. The topological polar surface area (TPSA) is 43.1 Å². The number of aryl methyl sites for hydroxylation is 1. The molecule has 2 atom stereocenters. The summed E-state index contributed by atoms with van der Waals surface area (Å²) in [5.41, 5.74) is 3.99. The first-order valence-corrected chi connectivity index (χ1v) is 9.00. The van der Waals surface area contributed by atoms with Crippen LogP contribution < -0.4 is 0 Å². The van der Waals surface area contributed by atoms with E-state index in [-0.39, 0.29) is 0 Å². The summed E-state index contributed by atoms with van der Waals surface area (Å²) in [5.74, 6) is 1.53. The van der Waals surface area contributed by atoms with E-state index in [4.69, 9.17) is 5.10 Å². The lowest BCUT2D eigenvalue weighted by molar-refractivity contribution is 0.637. The molecule has 2 aromatic rings. The van der Waals surface area contributed by atoms with Gasteiger partial charge in [-0.15, -0.1) is 10.2 Å². The number of fused-ring (bicyclic) bond motifs is 4. The van der Waals surface area contributed by atoms with Gasteiger partial charge in [0.25, 0.3) is 0 Å². The molecule has 0 saturated carbocycles. The molecule has 0 fully saturated rings. The SMILES string of the molecule is CCCc1nnc2n1N=C1c3ccccc3C(CCC)C1S2. The summed E-state index contributed by atoms with van der Waals surface area (Å²) in [4.78, 5) is 0. The van der Waals surface area contributed by atoms with Gasteiger partial charge in [0.05, 0.1) is 11.0 Å². The Morgan fingerprint density at radius 1 is 1.14 bits per heavy atom. The van der Waals surface area contributed by atoms with Gasteiger partial charge in [0, 0.05) is 17.9 Å². The van der Waals surface area contributed by atoms with Crippen LogP contribution in [0.15, 0.2) is 34.5 Å². The number of aromatic nitrogens is 3. The molecule has 1 aromatic carbocycles. The highest BCUT2D eigenvalue weighted by Gasteiger charge is 2.41. The summed E-state index contributed by atoms with van der Waals surface area (Å²) >= 11 is 1.84. The summed E-state index contributed by atoms with van der Waals surface area (Å²) in [7, 11) is 0. The lowest BCUT2D eigenvalue weighted by Crippen LogP contribution is -2.23. The highest BCUT2D eigenvalue weighted by atomic mass is 32.2. The van der Waals surface area contributed by atoms with Crippen molar-refractivity contribution in [2.75, 3.05) is 0 Å². The molecule has 1 aliphatic carbocycles. The molecule has 4 nitrogen and oxygen atoms in total. The first-order chi connectivity index (χ1) is 10.8. The normalized spacial score (nSPS) is 22.0. The lowest BCUT2D eigenvalue weighted by atomic mass is 9.96. The van der Waals surface area contributed by atoms with Crippen LogP contribution in [0.5, 0.6) is 0 Å². The van der Waals surface area contributed by atoms with Crippen LogP contribution in [0.3, 0.4) is 0 Å². The van der Waals surface area contributed by atoms with Crippen LogP contribution in [0, 0.1) is 0 Å². The van der Waals surface area contributed by atoms with Crippen molar-refractivity contribution in [2.45, 2.75) is 55.9 Å². The molecule has 4 rings (SSSR count). The van der Waals surface area contributed by atoms with Crippen LogP contribution in [0.2, 0.25) is 0 Å². The minimum atomic E-state index is 0.392. The average Bonchev–Trinajstić information content (AvgIpc) is 3.07. The van der Waals surface area contributed by atoms with Gasteiger partial charge in [-0.3, -0.25) is 0 Å². The van der Waals surface area contributed by atoms with Gasteiger partial charge < -0.3 is 0 Å². The molecule has 1 aromatic heterocycles. The molecule has 0 N–H and O–H groups in total. The summed E-state index contributed by atoms with van der Waals surface area (Å²) in [6, 6.07) is 8.75. The molecule has 0 spiro atoms. The second kappa shape index (κ2) is 5.54. The highest BCUT2D eigenvalue weighted by molar-refractivity contribution is 8.00. The Balaban J connectivity index is 1.82. The van der Waals surface area contributed by atoms with Crippen molar-refractivity contribution in [1.29, 1.82) is 0 Å². The minimum absolute atomic E-state index is 0.392. The molecule has 0 bridgehead atoms. The largest absolute Gasteiger partial charge is 0.212 e. The van der Waals surface area contributed by atoms with Crippen molar-refractivity contribution in [3.8, 4) is 0 Å². The van der Waals surface area contributed by atoms with Gasteiger partial charge in [0.1, 0.15) is 0 Å².